The Kier molecular flexibility index (Phi) is 6.79. The average molecular weight is 456 g/mol. The van der Waals surface area contributed by atoms with E-state index in [-0.39, 0.29) is 5.69 Å². The zero-order valence-electron chi connectivity index (χ0n) is 17.7. The monoisotopic (exact) mass is 456 g/mol. The van der Waals surface area contributed by atoms with Crippen molar-refractivity contribution < 1.29 is 22.7 Å². The number of ether oxygens (including phenoxy) is 1. The Morgan fingerprint density at radius 3 is 2.39 bits per heavy atom. The van der Waals surface area contributed by atoms with Crippen LogP contribution >= 0.6 is 0 Å². The third-order valence-electron chi connectivity index (χ3n) is 5.25. The van der Waals surface area contributed by atoms with Gasteiger partial charge in [-0.15, -0.1) is 0 Å². The van der Waals surface area contributed by atoms with E-state index in [0.29, 0.717) is 24.5 Å². The van der Waals surface area contributed by atoms with E-state index < -0.39 is 23.7 Å². The van der Waals surface area contributed by atoms with Gasteiger partial charge in [0.05, 0.1) is 30.7 Å². The molecule has 2 N–H and O–H groups in total. The summed E-state index contributed by atoms with van der Waals surface area (Å²) in [6, 6.07) is 16.4. The fraction of sp³-hybridized carbons (Fsp3) is 0.250. The molecule has 3 aromatic rings. The first-order valence-electron chi connectivity index (χ1n) is 10.5. The number of anilines is 3. The van der Waals surface area contributed by atoms with Crippen molar-refractivity contribution in [1.29, 1.82) is 0 Å². The standard InChI is InChI=1S/C24H23F3N4O2/c25-24(26,27)18-7-4-8-19(15-18)30-23(32)22(17-5-2-1-3-6-17)29-20-9-10-21(28-16-20)31-11-13-33-14-12-31/h1-10,15-16,22,29H,11-14H2,(H,30,32). The number of amides is 1. The van der Waals surface area contributed by atoms with Gasteiger partial charge in [-0.05, 0) is 35.9 Å². The van der Waals surface area contributed by atoms with Gasteiger partial charge in [0, 0.05) is 18.8 Å². The fourth-order valence-corrected chi connectivity index (χ4v) is 3.55. The van der Waals surface area contributed by atoms with E-state index in [1.54, 1.807) is 30.5 Å². The van der Waals surface area contributed by atoms with Crippen LogP contribution in [0.4, 0.5) is 30.4 Å². The van der Waals surface area contributed by atoms with Crippen LogP contribution in [0.1, 0.15) is 17.2 Å². The Bertz CT molecular complexity index is 1070. The van der Waals surface area contributed by atoms with Crippen molar-refractivity contribution in [3.63, 3.8) is 0 Å². The molecule has 1 aliphatic heterocycles. The molecule has 4 rings (SSSR count). The van der Waals surface area contributed by atoms with Gasteiger partial charge in [-0.3, -0.25) is 4.79 Å². The summed E-state index contributed by atoms with van der Waals surface area (Å²) in [5, 5.41) is 5.74. The molecule has 172 valence electrons. The van der Waals surface area contributed by atoms with Crippen molar-refractivity contribution in [3.05, 3.63) is 84.1 Å². The number of halogens is 3. The molecule has 1 fully saturated rings. The minimum absolute atomic E-state index is 0.0679. The molecule has 2 heterocycles. The van der Waals surface area contributed by atoms with E-state index in [1.165, 1.54) is 12.1 Å². The zero-order valence-corrected chi connectivity index (χ0v) is 17.7. The first-order chi connectivity index (χ1) is 15.9. The third-order valence-corrected chi connectivity index (χ3v) is 5.25. The third kappa shape index (κ3) is 5.81. The maximum absolute atomic E-state index is 13.1. The highest BCUT2D eigenvalue weighted by molar-refractivity contribution is 5.97. The molecule has 0 saturated carbocycles. The van der Waals surface area contributed by atoms with Crippen LogP contribution in [0.2, 0.25) is 0 Å². The highest BCUT2D eigenvalue weighted by Gasteiger charge is 2.31. The normalized spacial score (nSPS) is 15.1. The second kappa shape index (κ2) is 9.91. The Morgan fingerprint density at radius 1 is 0.970 bits per heavy atom. The number of rotatable bonds is 6. The van der Waals surface area contributed by atoms with Crippen molar-refractivity contribution in [1.82, 2.24) is 4.98 Å². The van der Waals surface area contributed by atoms with Crippen LogP contribution in [0.25, 0.3) is 0 Å². The maximum atomic E-state index is 13.1. The number of nitrogens with one attached hydrogen (secondary N) is 2. The van der Waals surface area contributed by atoms with Gasteiger partial charge in [0.25, 0.3) is 5.91 Å². The molecule has 0 spiro atoms. The summed E-state index contributed by atoms with van der Waals surface area (Å²) in [5.74, 6) is 0.325. The number of pyridine rings is 1. The smallest absolute Gasteiger partial charge is 0.378 e. The number of hydrogen-bond acceptors (Lipinski definition) is 5. The molecular formula is C24H23F3N4O2. The summed E-state index contributed by atoms with van der Waals surface area (Å²) in [6.45, 7) is 2.80. The SMILES string of the molecule is O=C(Nc1cccc(C(F)(F)F)c1)C(Nc1ccc(N2CCOCC2)nc1)c1ccccc1. The van der Waals surface area contributed by atoms with Gasteiger partial charge in [-0.25, -0.2) is 4.98 Å². The molecule has 33 heavy (non-hydrogen) atoms. The van der Waals surface area contributed by atoms with Crippen molar-refractivity contribution in [2.45, 2.75) is 12.2 Å². The molecule has 0 bridgehead atoms. The molecule has 1 aliphatic rings. The number of nitrogens with zero attached hydrogens (tertiary/aromatic N) is 2. The Labute approximate surface area is 189 Å². The van der Waals surface area contributed by atoms with Crippen LogP contribution in [0.5, 0.6) is 0 Å². The van der Waals surface area contributed by atoms with E-state index in [9.17, 15) is 18.0 Å². The Morgan fingerprint density at radius 2 is 1.73 bits per heavy atom. The number of benzene rings is 2. The topological polar surface area (TPSA) is 66.5 Å². The molecule has 9 heteroatoms. The zero-order chi connectivity index (χ0) is 23.3. The van der Waals surface area contributed by atoms with Crippen molar-refractivity contribution >= 4 is 23.1 Å². The van der Waals surface area contributed by atoms with Crippen LogP contribution in [0.15, 0.2) is 72.9 Å². The first-order valence-corrected chi connectivity index (χ1v) is 10.5. The van der Waals surface area contributed by atoms with Crippen LogP contribution < -0.4 is 15.5 Å². The van der Waals surface area contributed by atoms with Gasteiger partial charge < -0.3 is 20.3 Å². The molecule has 1 saturated heterocycles. The lowest BCUT2D eigenvalue weighted by Crippen LogP contribution is -2.36. The van der Waals surface area contributed by atoms with Crippen LogP contribution in [0.3, 0.4) is 0 Å². The van der Waals surface area contributed by atoms with Crippen molar-refractivity contribution in [3.8, 4) is 0 Å². The van der Waals surface area contributed by atoms with E-state index in [1.807, 2.05) is 18.2 Å². The minimum atomic E-state index is -4.49. The number of alkyl halides is 3. The van der Waals surface area contributed by atoms with Gasteiger partial charge in [0.2, 0.25) is 0 Å². The molecule has 0 aliphatic carbocycles. The summed E-state index contributed by atoms with van der Waals surface area (Å²) >= 11 is 0. The highest BCUT2D eigenvalue weighted by atomic mass is 19.4. The molecule has 1 amide bonds. The molecule has 6 nitrogen and oxygen atoms in total. The van der Waals surface area contributed by atoms with Gasteiger partial charge >= 0.3 is 6.18 Å². The average Bonchev–Trinajstić information content (AvgIpc) is 2.83. The van der Waals surface area contributed by atoms with Gasteiger partial charge in [-0.2, -0.15) is 13.2 Å². The number of morpholine rings is 1. The predicted octanol–water partition coefficient (Wildman–Crippen LogP) is 4.73. The lowest BCUT2D eigenvalue weighted by Gasteiger charge is -2.28. The summed E-state index contributed by atoms with van der Waals surface area (Å²) in [7, 11) is 0. The Hall–Kier alpha value is -3.59. The summed E-state index contributed by atoms with van der Waals surface area (Å²) < 4.78 is 44.5. The number of aromatic nitrogens is 1. The number of carbonyl (C=O) groups is 1. The quantitative estimate of drug-likeness (QED) is 0.562. The minimum Gasteiger partial charge on any atom is -0.378 e. The number of carbonyl (C=O) groups excluding carboxylic acids is 1. The predicted molar refractivity (Wildman–Crippen MR) is 120 cm³/mol. The number of hydrogen-bond donors (Lipinski definition) is 2. The maximum Gasteiger partial charge on any atom is 0.416 e. The van der Waals surface area contributed by atoms with E-state index in [0.717, 1.165) is 31.0 Å². The van der Waals surface area contributed by atoms with Crippen LogP contribution in [0, 0.1) is 0 Å². The second-order valence-corrected chi connectivity index (χ2v) is 7.56. The summed E-state index contributed by atoms with van der Waals surface area (Å²) in [5.41, 5.74) is 0.519. The van der Waals surface area contributed by atoms with E-state index in [4.69, 9.17) is 4.74 Å². The molecular weight excluding hydrogens is 433 g/mol. The summed E-state index contributed by atoms with van der Waals surface area (Å²) in [4.78, 5) is 19.7. The molecule has 2 aromatic carbocycles. The molecule has 1 aromatic heterocycles. The van der Waals surface area contributed by atoms with Crippen LogP contribution in [-0.2, 0) is 15.7 Å². The first kappa shape index (κ1) is 22.6. The van der Waals surface area contributed by atoms with E-state index in [2.05, 4.69) is 20.5 Å². The second-order valence-electron chi connectivity index (χ2n) is 7.56. The van der Waals surface area contributed by atoms with Gasteiger partial charge in [-0.1, -0.05) is 36.4 Å². The fourth-order valence-electron chi connectivity index (χ4n) is 3.55. The Balaban J connectivity index is 1.53. The van der Waals surface area contributed by atoms with Gasteiger partial charge in [0.1, 0.15) is 11.9 Å². The highest BCUT2D eigenvalue weighted by Crippen LogP contribution is 2.31. The van der Waals surface area contributed by atoms with Gasteiger partial charge in [0.15, 0.2) is 0 Å². The molecule has 1 unspecified atom stereocenters. The largest absolute Gasteiger partial charge is 0.416 e. The van der Waals surface area contributed by atoms with Crippen LogP contribution in [-0.4, -0.2) is 37.2 Å². The molecule has 0 radical (unpaired) electrons. The lowest BCUT2D eigenvalue weighted by molar-refractivity contribution is -0.137. The van der Waals surface area contributed by atoms with Crippen molar-refractivity contribution in [2.75, 3.05) is 41.8 Å². The lowest BCUT2D eigenvalue weighted by atomic mass is 10.1. The summed E-state index contributed by atoms with van der Waals surface area (Å²) in [6.07, 6.45) is -2.86. The van der Waals surface area contributed by atoms with Crippen molar-refractivity contribution in [2.24, 2.45) is 0 Å². The molecule has 1 atom stereocenters. The van der Waals surface area contributed by atoms with E-state index >= 15 is 0 Å².